The first-order valence-corrected chi connectivity index (χ1v) is 10.2. The van der Waals surface area contributed by atoms with Crippen LogP contribution in [0.4, 0.5) is 11.4 Å². The van der Waals surface area contributed by atoms with Crippen LogP contribution in [-0.2, 0) is 11.2 Å². The van der Waals surface area contributed by atoms with Gasteiger partial charge in [0.25, 0.3) is 5.91 Å². The maximum atomic E-state index is 12.9. The highest BCUT2D eigenvalue weighted by Gasteiger charge is 2.16. The summed E-state index contributed by atoms with van der Waals surface area (Å²) in [5.41, 5.74) is 3.68. The van der Waals surface area contributed by atoms with Crippen molar-refractivity contribution in [2.45, 2.75) is 32.3 Å². The molecule has 1 heterocycles. The standard InChI is InChI=1S/C23H30N4O2/c1-4-17-8-5-10-19(14-17)25-23(24-16-21-12-7-13-29-21)26-22(28)18-9-6-11-20(15-18)27(2)3/h5-6,8-11,14-15,21H,4,7,12-13,16H2,1-3H3,(H2,24,25,26,28)/t21-/m0/s1. The average Bonchev–Trinajstić information content (AvgIpc) is 3.26. The van der Waals surface area contributed by atoms with Crippen molar-refractivity contribution in [1.82, 2.24) is 5.32 Å². The quantitative estimate of drug-likeness (QED) is 0.579. The zero-order valence-corrected chi connectivity index (χ0v) is 17.4. The molecule has 2 N–H and O–H groups in total. The lowest BCUT2D eigenvalue weighted by atomic mass is 10.1. The summed E-state index contributed by atoms with van der Waals surface area (Å²) in [6.45, 7) is 3.42. The summed E-state index contributed by atoms with van der Waals surface area (Å²) in [7, 11) is 3.90. The molecule has 0 bridgehead atoms. The van der Waals surface area contributed by atoms with Crippen LogP contribution in [0, 0.1) is 0 Å². The molecule has 1 aliphatic heterocycles. The molecular formula is C23H30N4O2. The Morgan fingerprint density at radius 3 is 2.76 bits per heavy atom. The number of aliphatic imine (C=N–C) groups is 1. The number of nitrogens with zero attached hydrogens (tertiary/aromatic N) is 2. The smallest absolute Gasteiger partial charge is 0.258 e. The van der Waals surface area contributed by atoms with Crippen molar-refractivity contribution in [2.75, 3.05) is 37.5 Å². The van der Waals surface area contributed by atoms with Crippen LogP contribution in [0.5, 0.6) is 0 Å². The number of aryl methyl sites for hydroxylation is 1. The first kappa shape index (κ1) is 20.9. The van der Waals surface area contributed by atoms with Crippen LogP contribution in [0.25, 0.3) is 0 Å². The minimum absolute atomic E-state index is 0.114. The van der Waals surface area contributed by atoms with E-state index in [1.165, 1.54) is 5.56 Å². The van der Waals surface area contributed by atoms with Gasteiger partial charge in [0.1, 0.15) is 0 Å². The first-order valence-electron chi connectivity index (χ1n) is 10.2. The minimum Gasteiger partial charge on any atom is -0.378 e. The van der Waals surface area contributed by atoms with Crippen LogP contribution in [0.1, 0.15) is 35.7 Å². The first-order chi connectivity index (χ1) is 14.0. The molecule has 6 heteroatoms. The van der Waals surface area contributed by atoms with Gasteiger partial charge in [0.05, 0.1) is 12.6 Å². The zero-order chi connectivity index (χ0) is 20.6. The number of guanidine groups is 1. The highest BCUT2D eigenvalue weighted by Crippen LogP contribution is 2.15. The van der Waals surface area contributed by atoms with E-state index in [4.69, 9.17) is 4.74 Å². The predicted molar refractivity (Wildman–Crippen MR) is 119 cm³/mol. The van der Waals surface area contributed by atoms with Gasteiger partial charge in [-0.3, -0.25) is 10.1 Å². The lowest BCUT2D eigenvalue weighted by molar-refractivity contribution is 0.0975. The van der Waals surface area contributed by atoms with Crippen molar-refractivity contribution in [3.05, 3.63) is 59.7 Å². The molecule has 1 saturated heterocycles. The number of nitrogens with one attached hydrogen (secondary N) is 2. The van der Waals surface area contributed by atoms with Gasteiger partial charge in [0, 0.05) is 37.6 Å². The molecule has 1 amide bonds. The molecule has 29 heavy (non-hydrogen) atoms. The molecule has 0 aliphatic carbocycles. The van der Waals surface area contributed by atoms with Crippen LogP contribution in [-0.4, -0.2) is 45.2 Å². The van der Waals surface area contributed by atoms with E-state index in [0.29, 0.717) is 18.1 Å². The van der Waals surface area contributed by atoms with Gasteiger partial charge in [-0.2, -0.15) is 0 Å². The van der Waals surface area contributed by atoms with Gasteiger partial charge in [0.15, 0.2) is 0 Å². The number of hydrogen-bond acceptors (Lipinski definition) is 4. The summed E-state index contributed by atoms with van der Waals surface area (Å²) in [5, 5.41) is 6.20. The van der Waals surface area contributed by atoms with Crippen molar-refractivity contribution >= 4 is 23.2 Å². The van der Waals surface area contributed by atoms with E-state index in [2.05, 4.69) is 34.7 Å². The Morgan fingerprint density at radius 2 is 2.03 bits per heavy atom. The van der Waals surface area contributed by atoms with Gasteiger partial charge >= 0.3 is 0 Å². The van der Waals surface area contributed by atoms with E-state index in [-0.39, 0.29) is 12.0 Å². The number of benzene rings is 2. The van der Waals surface area contributed by atoms with E-state index in [1.54, 1.807) is 6.07 Å². The fourth-order valence-electron chi connectivity index (χ4n) is 3.20. The van der Waals surface area contributed by atoms with E-state index in [9.17, 15) is 4.79 Å². The Hall–Kier alpha value is -2.86. The predicted octanol–water partition coefficient (Wildman–Crippen LogP) is 3.69. The van der Waals surface area contributed by atoms with Crippen molar-refractivity contribution in [3.63, 3.8) is 0 Å². The fourth-order valence-corrected chi connectivity index (χ4v) is 3.20. The molecule has 0 saturated carbocycles. The molecule has 1 atom stereocenters. The molecule has 2 aromatic carbocycles. The fraction of sp³-hybridized carbons (Fsp3) is 0.391. The number of amides is 1. The highest BCUT2D eigenvalue weighted by atomic mass is 16.5. The molecule has 2 aromatic rings. The third-order valence-corrected chi connectivity index (χ3v) is 4.93. The zero-order valence-electron chi connectivity index (χ0n) is 17.4. The molecule has 1 fully saturated rings. The molecular weight excluding hydrogens is 364 g/mol. The SMILES string of the molecule is CCc1cccc(NC(=NC[C@@H]2CCCO2)NC(=O)c2cccc(N(C)C)c2)c1. The monoisotopic (exact) mass is 394 g/mol. The van der Waals surface area contributed by atoms with Gasteiger partial charge in [-0.1, -0.05) is 25.1 Å². The van der Waals surface area contributed by atoms with Gasteiger partial charge in [0.2, 0.25) is 5.96 Å². The summed E-state index contributed by atoms with van der Waals surface area (Å²) < 4.78 is 5.67. The lowest BCUT2D eigenvalue weighted by Gasteiger charge is -2.16. The maximum Gasteiger partial charge on any atom is 0.258 e. The van der Waals surface area contributed by atoms with Gasteiger partial charge in [-0.05, 0) is 55.2 Å². The Morgan fingerprint density at radius 1 is 1.21 bits per heavy atom. The Labute approximate surface area is 173 Å². The van der Waals surface area contributed by atoms with Gasteiger partial charge < -0.3 is 15.0 Å². The summed E-state index contributed by atoms with van der Waals surface area (Å²) in [5.74, 6) is 0.243. The molecule has 6 nitrogen and oxygen atoms in total. The van der Waals surface area contributed by atoms with Crippen LogP contribution < -0.4 is 15.5 Å². The summed E-state index contributed by atoms with van der Waals surface area (Å²) in [4.78, 5) is 19.4. The molecule has 154 valence electrons. The topological polar surface area (TPSA) is 66.0 Å². The largest absolute Gasteiger partial charge is 0.378 e. The average molecular weight is 395 g/mol. The molecule has 0 spiro atoms. The molecule has 0 radical (unpaired) electrons. The number of rotatable bonds is 6. The highest BCUT2D eigenvalue weighted by molar-refractivity contribution is 6.10. The lowest BCUT2D eigenvalue weighted by Crippen LogP contribution is -2.36. The van der Waals surface area contributed by atoms with Crippen LogP contribution in [0.15, 0.2) is 53.5 Å². The Balaban J connectivity index is 1.77. The number of hydrogen-bond donors (Lipinski definition) is 2. The van der Waals surface area contributed by atoms with Crippen LogP contribution >= 0.6 is 0 Å². The van der Waals surface area contributed by atoms with E-state index >= 15 is 0 Å². The van der Waals surface area contributed by atoms with E-state index < -0.39 is 0 Å². The van der Waals surface area contributed by atoms with Gasteiger partial charge in [-0.15, -0.1) is 0 Å². The second kappa shape index (κ2) is 10.1. The molecule has 1 aliphatic rings. The summed E-state index contributed by atoms with van der Waals surface area (Å²) >= 11 is 0. The molecule has 3 rings (SSSR count). The second-order valence-corrected chi connectivity index (χ2v) is 7.40. The second-order valence-electron chi connectivity index (χ2n) is 7.40. The number of carbonyl (C=O) groups is 1. The number of carbonyl (C=O) groups excluding carboxylic acids is 1. The van der Waals surface area contributed by atoms with Crippen LogP contribution in [0.2, 0.25) is 0 Å². The van der Waals surface area contributed by atoms with E-state index in [1.807, 2.05) is 49.3 Å². The normalized spacial score (nSPS) is 16.5. The Bertz CT molecular complexity index is 857. The maximum absolute atomic E-state index is 12.9. The van der Waals surface area contributed by atoms with Crippen LogP contribution in [0.3, 0.4) is 0 Å². The van der Waals surface area contributed by atoms with E-state index in [0.717, 1.165) is 37.2 Å². The molecule has 0 aromatic heterocycles. The van der Waals surface area contributed by atoms with Gasteiger partial charge in [-0.25, -0.2) is 4.99 Å². The molecule has 0 unspecified atom stereocenters. The van der Waals surface area contributed by atoms with Crippen molar-refractivity contribution in [3.8, 4) is 0 Å². The third-order valence-electron chi connectivity index (χ3n) is 4.93. The van der Waals surface area contributed by atoms with Crippen molar-refractivity contribution < 1.29 is 9.53 Å². The number of ether oxygens (including phenoxy) is 1. The van der Waals surface area contributed by atoms with Crippen molar-refractivity contribution in [1.29, 1.82) is 0 Å². The summed E-state index contributed by atoms with van der Waals surface area (Å²) in [6.07, 6.45) is 3.12. The Kier molecular flexibility index (Phi) is 7.25. The number of anilines is 2. The summed E-state index contributed by atoms with van der Waals surface area (Å²) in [6, 6.07) is 15.6. The third kappa shape index (κ3) is 6.06. The minimum atomic E-state index is -0.195. The van der Waals surface area contributed by atoms with Crippen molar-refractivity contribution in [2.24, 2.45) is 4.99 Å².